The predicted molar refractivity (Wildman–Crippen MR) is 83.7 cm³/mol. The molecule has 2 rings (SSSR count). The number of esters is 2. The zero-order valence-corrected chi connectivity index (χ0v) is 13.0. The highest BCUT2D eigenvalue weighted by atomic mass is 16.8. The van der Waals surface area contributed by atoms with E-state index in [4.69, 9.17) is 14.2 Å². The predicted octanol–water partition coefficient (Wildman–Crippen LogP) is 3.41. The van der Waals surface area contributed by atoms with Crippen molar-refractivity contribution in [3.8, 4) is 0 Å². The van der Waals surface area contributed by atoms with Gasteiger partial charge in [-0.25, -0.2) is 9.59 Å². The van der Waals surface area contributed by atoms with Gasteiger partial charge >= 0.3 is 11.9 Å². The normalized spacial score (nSPS) is 13.0. The van der Waals surface area contributed by atoms with Gasteiger partial charge in [-0.05, 0) is 38.1 Å². The molecule has 23 heavy (non-hydrogen) atoms. The Hall–Kier alpha value is -2.66. The van der Waals surface area contributed by atoms with Crippen LogP contribution >= 0.6 is 0 Å². The third-order valence-electron chi connectivity index (χ3n) is 2.95. The topological polar surface area (TPSA) is 61.8 Å². The zero-order chi connectivity index (χ0) is 16.7. The van der Waals surface area contributed by atoms with Crippen molar-refractivity contribution in [2.45, 2.75) is 26.4 Å². The van der Waals surface area contributed by atoms with Gasteiger partial charge in [-0.2, -0.15) is 0 Å². The van der Waals surface area contributed by atoms with Crippen molar-refractivity contribution in [3.63, 3.8) is 0 Å². The second-order valence-corrected chi connectivity index (χ2v) is 4.81. The third-order valence-corrected chi connectivity index (χ3v) is 2.95. The summed E-state index contributed by atoms with van der Waals surface area (Å²) in [5.41, 5.74) is 0.855. The number of rotatable bonds is 6. The average molecular weight is 314 g/mol. The van der Waals surface area contributed by atoms with Crippen LogP contribution in [-0.2, 0) is 14.2 Å². The van der Waals surface area contributed by atoms with Crippen LogP contribution in [0.5, 0.6) is 0 Å². The molecule has 0 heterocycles. The van der Waals surface area contributed by atoms with E-state index < -0.39 is 24.5 Å². The van der Waals surface area contributed by atoms with Gasteiger partial charge < -0.3 is 14.2 Å². The molecule has 2 aromatic rings. The largest absolute Gasteiger partial charge is 0.432 e. The molecule has 5 nitrogen and oxygen atoms in total. The molecule has 0 saturated carbocycles. The lowest BCUT2D eigenvalue weighted by Crippen LogP contribution is -2.26. The Bertz CT molecular complexity index is 581. The van der Waals surface area contributed by atoms with Gasteiger partial charge in [0.05, 0.1) is 11.1 Å². The first-order valence-corrected chi connectivity index (χ1v) is 7.24. The maximum Gasteiger partial charge on any atom is 0.340 e. The summed E-state index contributed by atoms with van der Waals surface area (Å²) in [7, 11) is 0. The Morgan fingerprint density at radius 3 is 1.39 bits per heavy atom. The fraction of sp³-hybridized carbons (Fsp3) is 0.222. The van der Waals surface area contributed by atoms with Crippen LogP contribution in [-0.4, -0.2) is 24.5 Å². The molecule has 0 unspecified atom stereocenters. The smallest absolute Gasteiger partial charge is 0.340 e. The molecule has 2 atom stereocenters. The van der Waals surface area contributed by atoms with E-state index in [-0.39, 0.29) is 0 Å². The van der Waals surface area contributed by atoms with E-state index in [9.17, 15) is 9.59 Å². The van der Waals surface area contributed by atoms with Crippen molar-refractivity contribution in [1.29, 1.82) is 0 Å². The van der Waals surface area contributed by atoms with Gasteiger partial charge in [-0.1, -0.05) is 36.4 Å². The zero-order valence-electron chi connectivity index (χ0n) is 13.0. The highest BCUT2D eigenvalue weighted by molar-refractivity contribution is 5.89. The molecule has 0 fully saturated rings. The fourth-order valence-corrected chi connectivity index (χ4v) is 1.91. The lowest BCUT2D eigenvalue weighted by atomic mass is 10.2. The number of ether oxygens (including phenoxy) is 3. The molecular formula is C18H18O5. The standard InChI is InChI=1S/C18H18O5/c1-13(22-17(19)15-9-5-3-6-10-15)21-14(2)23-18(20)16-11-7-4-8-12-16/h3-14H,1-2H3/t13-,14-/m1/s1. The first-order valence-electron chi connectivity index (χ1n) is 7.24. The van der Waals surface area contributed by atoms with Gasteiger partial charge in [0, 0.05) is 0 Å². The summed E-state index contributed by atoms with van der Waals surface area (Å²) in [4.78, 5) is 23.7. The van der Waals surface area contributed by atoms with Gasteiger partial charge in [0.25, 0.3) is 0 Å². The van der Waals surface area contributed by atoms with Crippen molar-refractivity contribution in [2.24, 2.45) is 0 Å². The molecular weight excluding hydrogens is 296 g/mol. The molecule has 0 aliphatic rings. The molecule has 0 spiro atoms. The molecule has 0 aliphatic carbocycles. The van der Waals surface area contributed by atoms with Gasteiger partial charge in [-0.3, -0.25) is 0 Å². The van der Waals surface area contributed by atoms with Crippen molar-refractivity contribution < 1.29 is 23.8 Å². The van der Waals surface area contributed by atoms with E-state index in [1.54, 1.807) is 62.4 Å². The lowest BCUT2D eigenvalue weighted by molar-refractivity contribution is -0.192. The Morgan fingerprint density at radius 1 is 0.696 bits per heavy atom. The van der Waals surface area contributed by atoms with Crippen LogP contribution < -0.4 is 0 Å². The number of carbonyl (C=O) groups excluding carboxylic acids is 2. The van der Waals surface area contributed by atoms with Crippen LogP contribution in [0.2, 0.25) is 0 Å². The number of hydrogen-bond acceptors (Lipinski definition) is 5. The minimum atomic E-state index is -0.846. The number of benzene rings is 2. The second-order valence-electron chi connectivity index (χ2n) is 4.81. The maximum absolute atomic E-state index is 11.9. The first kappa shape index (κ1) is 16.7. The van der Waals surface area contributed by atoms with Crippen molar-refractivity contribution in [3.05, 3.63) is 71.8 Å². The minimum Gasteiger partial charge on any atom is -0.432 e. The summed E-state index contributed by atoms with van der Waals surface area (Å²) < 4.78 is 15.6. The molecule has 0 aromatic heterocycles. The molecule has 0 N–H and O–H groups in total. The number of hydrogen-bond donors (Lipinski definition) is 0. The van der Waals surface area contributed by atoms with Gasteiger partial charge in [0.1, 0.15) is 0 Å². The van der Waals surface area contributed by atoms with E-state index >= 15 is 0 Å². The molecule has 0 aliphatic heterocycles. The number of carbonyl (C=O) groups is 2. The quantitative estimate of drug-likeness (QED) is 0.604. The van der Waals surface area contributed by atoms with Crippen LogP contribution in [0.4, 0.5) is 0 Å². The summed E-state index contributed by atoms with van der Waals surface area (Å²) in [5.74, 6) is -1.00. The summed E-state index contributed by atoms with van der Waals surface area (Å²) in [6, 6.07) is 17.2. The molecule has 0 amide bonds. The molecule has 2 aromatic carbocycles. The van der Waals surface area contributed by atoms with Gasteiger partial charge in [0.15, 0.2) is 0 Å². The molecule has 5 heteroatoms. The van der Waals surface area contributed by atoms with Crippen LogP contribution in [0.15, 0.2) is 60.7 Å². The van der Waals surface area contributed by atoms with E-state index in [1.165, 1.54) is 0 Å². The van der Waals surface area contributed by atoms with Gasteiger partial charge in [-0.15, -0.1) is 0 Å². The van der Waals surface area contributed by atoms with Crippen LogP contribution in [0, 0.1) is 0 Å². The monoisotopic (exact) mass is 314 g/mol. The van der Waals surface area contributed by atoms with Crippen molar-refractivity contribution in [1.82, 2.24) is 0 Å². The molecule has 0 radical (unpaired) electrons. The highest BCUT2D eigenvalue weighted by Crippen LogP contribution is 2.09. The molecule has 120 valence electrons. The van der Waals surface area contributed by atoms with Crippen LogP contribution in [0.3, 0.4) is 0 Å². The Labute approximate surface area is 134 Å². The Kier molecular flexibility index (Phi) is 5.88. The first-order chi connectivity index (χ1) is 11.1. The molecule has 0 saturated heterocycles. The highest BCUT2D eigenvalue weighted by Gasteiger charge is 2.18. The third kappa shape index (κ3) is 5.23. The average Bonchev–Trinajstić information content (AvgIpc) is 2.56. The van der Waals surface area contributed by atoms with Crippen LogP contribution in [0.25, 0.3) is 0 Å². The fourth-order valence-electron chi connectivity index (χ4n) is 1.91. The summed E-state index contributed by atoms with van der Waals surface area (Å²) in [6.07, 6.45) is -1.69. The van der Waals surface area contributed by atoms with E-state index in [2.05, 4.69) is 0 Å². The van der Waals surface area contributed by atoms with E-state index in [0.717, 1.165) is 0 Å². The summed E-state index contributed by atoms with van der Waals surface area (Å²) >= 11 is 0. The lowest BCUT2D eigenvalue weighted by Gasteiger charge is -2.19. The van der Waals surface area contributed by atoms with Crippen molar-refractivity contribution in [2.75, 3.05) is 0 Å². The van der Waals surface area contributed by atoms with E-state index in [1.807, 2.05) is 12.1 Å². The Balaban J connectivity index is 1.82. The van der Waals surface area contributed by atoms with Crippen molar-refractivity contribution >= 4 is 11.9 Å². The Morgan fingerprint density at radius 2 is 1.04 bits per heavy atom. The van der Waals surface area contributed by atoms with Gasteiger partial charge in [0.2, 0.25) is 12.6 Å². The van der Waals surface area contributed by atoms with Crippen LogP contribution in [0.1, 0.15) is 34.6 Å². The second kappa shape index (κ2) is 8.10. The minimum absolute atomic E-state index is 0.428. The maximum atomic E-state index is 11.9. The SMILES string of the molecule is C[C@@H](OC(=O)c1ccccc1)O[C@@H](C)OC(=O)c1ccccc1. The van der Waals surface area contributed by atoms with E-state index in [0.29, 0.717) is 11.1 Å². The summed E-state index contributed by atoms with van der Waals surface area (Å²) in [5, 5.41) is 0. The summed E-state index contributed by atoms with van der Waals surface area (Å²) in [6.45, 7) is 3.13. The molecule has 0 bridgehead atoms.